The zero-order valence-corrected chi connectivity index (χ0v) is 11.2. The number of halogens is 2. The van der Waals surface area contributed by atoms with Crippen LogP contribution < -0.4 is 10.5 Å². The van der Waals surface area contributed by atoms with E-state index in [2.05, 4.69) is 0 Å². The van der Waals surface area contributed by atoms with Crippen LogP contribution in [-0.2, 0) is 0 Å². The number of ether oxygens (including phenoxy) is 1. The Morgan fingerprint density at radius 3 is 2.39 bits per heavy atom. The molecule has 18 heavy (non-hydrogen) atoms. The fourth-order valence-corrected chi connectivity index (χ4v) is 2.10. The lowest BCUT2D eigenvalue weighted by molar-refractivity contribution is 0.214. The molecule has 0 fully saturated rings. The molecule has 94 valence electrons. The second-order valence-corrected chi connectivity index (χ2v) is 4.67. The summed E-state index contributed by atoms with van der Waals surface area (Å²) < 4.78 is 5.82. The highest BCUT2D eigenvalue weighted by Crippen LogP contribution is 2.31. The number of nitrogens with two attached hydrogens (primary N) is 1. The average molecular weight is 282 g/mol. The smallest absolute Gasteiger partial charge is 0.139 e. The summed E-state index contributed by atoms with van der Waals surface area (Å²) in [6, 6.07) is 14.9. The van der Waals surface area contributed by atoms with Crippen molar-refractivity contribution in [3.63, 3.8) is 0 Å². The van der Waals surface area contributed by atoms with Gasteiger partial charge in [0.15, 0.2) is 0 Å². The summed E-state index contributed by atoms with van der Waals surface area (Å²) in [6.07, 6.45) is -0.218. The van der Waals surface area contributed by atoms with E-state index in [-0.39, 0.29) is 6.10 Å². The Hall–Kier alpha value is -1.22. The van der Waals surface area contributed by atoms with Gasteiger partial charge in [-0.1, -0.05) is 53.5 Å². The van der Waals surface area contributed by atoms with Crippen LogP contribution in [0.5, 0.6) is 5.75 Å². The molecule has 0 spiro atoms. The lowest BCUT2D eigenvalue weighted by atomic mass is 10.1. The highest BCUT2D eigenvalue weighted by Gasteiger charge is 2.13. The lowest BCUT2D eigenvalue weighted by Crippen LogP contribution is -2.18. The molecule has 0 saturated carbocycles. The van der Waals surface area contributed by atoms with Crippen LogP contribution in [-0.4, -0.2) is 6.54 Å². The van der Waals surface area contributed by atoms with Crippen molar-refractivity contribution < 1.29 is 4.74 Å². The summed E-state index contributed by atoms with van der Waals surface area (Å²) in [6.45, 7) is 0.378. The average Bonchev–Trinajstić information content (AvgIpc) is 2.39. The van der Waals surface area contributed by atoms with E-state index in [1.807, 2.05) is 30.3 Å². The Morgan fingerprint density at radius 2 is 1.78 bits per heavy atom. The van der Waals surface area contributed by atoms with Gasteiger partial charge in [-0.15, -0.1) is 0 Å². The van der Waals surface area contributed by atoms with Gasteiger partial charge in [0.2, 0.25) is 0 Å². The first-order valence-corrected chi connectivity index (χ1v) is 6.33. The van der Waals surface area contributed by atoms with Gasteiger partial charge in [0.05, 0.1) is 5.02 Å². The highest BCUT2D eigenvalue weighted by molar-refractivity contribution is 6.35. The number of rotatable bonds is 4. The molecule has 2 N–H and O–H groups in total. The van der Waals surface area contributed by atoms with Crippen molar-refractivity contribution in [2.24, 2.45) is 5.73 Å². The Kier molecular flexibility index (Phi) is 4.48. The summed E-state index contributed by atoms with van der Waals surface area (Å²) in [7, 11) is 0. The largest absolute Gasteiger partial charge is 0.483 e. The zero-order chi connectivity index (χ0) is 13.0. The third-order valence-corrected chi connectivity index (χ3v) is 3.08. The van der Waals surface area contributed by atoms with Crippen molar-refractivity contribution in [3.8, 4) is 5.75 Å². The molecule has 0 saturated heterocycles. The standard InChI is InChI=1S/C14H13Cl2NO/c15-11-6-7-13(12(16)8-11)18-14(9-17)10-4-2-1-3-5-10/h1-8,14H,9,17H2. The molecule has 4 heteroatoms. The van der Waals surface area contributed by atoms with E-state index in [1.165, 1.54) is 0 Å². The van der Waals surface area contributed by atoms with Crippen LogP contribution in [0, 0.1) is 0 Å². The van der Waals surface area contributed by atoms with Crippen LogP contribution >= 0.6 is 23.2 Å². The topological polar surface area (TPSA) is 35.2 Å². The Labute approximate surface area is 116 Å². The minimum atomic E-state index is -0.218. The molecule has 1 unspecified atom stereocenters. The molecule has 0 bridgehead atoms. The Bertz CT molecular complexity index is 516. The first-order valence-electron chi connectivity index (χ1n) is 5.57. The van der Waals surface area contributed by atoms with E-state index < -0.39 is 0 Å². The van der Waals surface area contributed by atoms with E-state index in [0.717, 1.165) is 5.56 Å². The summed E-state index contributed by atoms with van der Waals surface area (Å²) in [5, 5.41) is 1.06. The van der Waals surface area contributed by atoms with E-state index in [0.29, 0.717) is 22.3 Å². The third-order valence-electron chi connectivity index (χ3n) is 2.55. The van der Waals surface area contributed by atoms with Crippen LogP contribution in [0.1, 0.15) is 11.7 Å². The predicted octanol–water partition coefficient (Wildman–Crippen LogP) is 4.07. The molecule has 2 nitrogen and oxygen atoms in total. The molecule has 2 aromatic carbocycles. The second kappa shape index (κ2) is 6.10. The minimum Gasteiger partial charge on any atom is -0.483 e. The van der Waals surface area contributed by atoms with Crippen molar-refractivity contribution in [2.75, 3.05) is 6.54 Å². The second-order valence-electron chi connectivity index (χ2n) is 3.83. The van der Waals surface area contributed by atoms with E-state index in [4.69, 9.17) is 33.7 Å². The predicted molar refractivity (Wildman–Crippen MR) is 75.3 cm³/mol. The monoisotopic (exact) mass is 281 g/mol. The van der Waals surface area contributed by atoms with Gasteiger partial charge in [0.1, 0.15) is 11.9 Å². The minimum absolute atomic E-state index is 0.218. The van der Waals surface area contributed by atoms with Crippen LogP contribution in [0.3, 0.4) is 0 Å². The zero-order valence-electron chi connectivity index (χ0n) is 9.64. The molecule has 2 aromatic rings. The molecule has 0 aromatic heterocycles. The summed E-state index contributed by atoms with van der Waals surface area (Å²) in [4.78, 5) is 0. The highest BCUT2D eigenvalue weighted by atomic mass is 35.5. The molecule has 0 amide bonds. The SMILES string of the molecule is NCC(Oc1ccc(Cl)cc1Cl)c1ccccc1. The molecule has 0 aliphatic heterocycles. The van der Waals surface area contributed by atoms with E-state index in [1.54, 1.807) is 18.2 Å². The normalized spacial score (nSPS) is 12.2. The molecule has 0 heterocycles. The van der Waals surface area contributed by atoms with Gasteiger partial charge < -0.3 is 10.5 Å². The lowest BCUT2D eigenvalue weighted by Gasteiger charge is -2.18. The third kappa shape index (κ3) is 3.16. The molecule has 0 radical (unpaired) electrons. The summed E-state index contributed by atoms with van der Waals surface area (Å²) in [5.74, 6) is 0.584. The van der Waals surface area contributed by atoms with Gasteiger partial charge >= 0.3 is 0 Å². The van der Waals surface area contributed by atoms with Crippen LogP contribution in [0.4, 0.5) is 0 Å². The Morgan fingerprint density at radius 1 is 1.06 bits per heavy atom. The maximum Gasteiger partial charge on any atom is 0.139 e. The molecular weight excluding hydrogens is 269 g/mol. The maximum absolute atomic E-state index is 6.07. The fraction of sp³-hybridized carbons (Fsp3) is 0.143. The van der Waals surface area contributed by atoms with E-state index >= 15 is 0 Å². The van der Waals surface area contributed by atoms with E-state index in [9.17, 15) is 0 Å². The Balaban J connectivity index is 2.21. The van der Waals surface area contributed by atoms with Gasteiger partial charge in [-0.25, -0.2) is 0 Å². The van der Waals surface area contributed by atoms with Gasteiger partial charge in [-0.3, -0.25) is 0 Å². The first-order chi connectivity index (χ1) is 8.70. The molecule has 0 aliphatic carbocycles. The molecule has 2 rings (SSSR count). The molecule has 0 aliphatic rings. The maximum atomic E-state index is 6.07. The quantitative estimate of drug-likeness (QED) is 0.917. The number of benzene rings is 2. The summed E-state index contributed by atoms with van der Waals surface area (Å²) in [5.41, 5.74) is 6.76. The number of hydrogen-bond donors (Lipinski definition) is 1. The van der Waals surface area contributed by atoms with Crippen molar-refractivity contribution in [2.45, 2.75) is 6.10 Å². The molecule has 1 atom stereocenters. The number of hydrogen-bond acceptors (Lipinski definition) is 2. The molecular formula is C14H13Cl2NO. The van der Waals surface area contributed by atoms with Gasteiger partial charge in [-0.05, 0) is 23.8 Å². The van der Waals surface area contributed by atoms with Crippen molar-refractivity contribution in [3.05, 3.63) is 64.1 Å². The van der Waals surface area contributed by atoms with Gasteiger partial charge in [0, 0.05) is 11.6 Å². The van der Waals surface area contributed by atoms with Gasteiger partial charge in [-0.2, -0.15) is 0 Å². The van der Waals surface area contributed by atoms with Crippen LogP contribution in [0.15, 0.2) is 48.5 Å². The summed E-state index contributed by atoms with van der Waals surface area (Å²) >= 11 is 11.9. The van der Waals surface area contributed by atoms with Crippen molar-refractivity contribution in [1.82, 2.24) is 0 Å². The first kappa shape index (κ1) is 13.2. The van der Waals surface area contributed by atoms with Gasteiger partial charge in [0.25, 0.3) is 0 Å². The van der Waals surface area contributed by atoms with Crippen LogP contribution in [0.2, 0.25) is 10.0 Å². The van der Waals surface area contributed by atoms with Crippen LogP contribution in [0.25, 0.3) is 0 Å². The van der Waals surface area contributed by atoms with Crippen molar-refractivity contribution in [1.29, 1.82) is 0 Å². The fourth-order valence-electron chi connectivity index (χ4n) is 1.64. The van der Waals surface area contributed by atoms with Crippen molar-refractivity contribution >= 4 is 23.2 Å².